The van der Waals surface area contributed by atoms with Gasteiger partial charge in [-0.2, -0.15) is 4.90 Å². The van der Waals surface area contributed by atoms with Gasteiger partial charge in [-0.05, 0) is 31.2 Å². The smallest absolute Gasteiger partial charge is 0.335 e. The minimum Gasteiger partial charge on any atom is -0.387 e. The molecule has 3 heterocycles. The third kappa shape index (κ3) is 6.10. The molecule has 0 bridgehead atoms. The number of non-ortho nitro benzene ring substituents is 2. The van der Waals surface area contributed by atoms with Gasteiger partial charge in [0.15, 0.2) is 29.3 Å². The van der Waals surface area contributed by atoms with E-state index in [1.54, 1.807) is 6.92 Å². The van der Waals surface area contributed by atoms with Crippen LogP contribution in [0.2, 0.25) is 0 Å². The first-order chi connectivity index (χ1) is 22.0. The molecular formula is C26H24N10O10. The molecule has 20 heteroatoms. The molecule has 46 heavy (non-hydrogen) atoms. The minimum atomic E-state index is -1.60. The number of aromatic nitrogens is 4. The molecule has 5 N–H and O–H groups in total. The van der Waals surface area contributed by atoms with E-state index in [9.17, 15) is 44.8 Å². The Morgan fingerprint density at radius 1 is 0.891 bits per heavy atom. The molecule has 1 aliphatic heterocycles. The predicted molar refractivity (Wildman–Crippen MR) is 157 cm³/mol. The fourth-order valence-electron chi connectivity index (χ4n) is 4.55. The largest absolute Gasteiger partial charge is 0.387 e. The van der Waals surface area contributed by atoms with Gasteiger partial charge in [0.05, 0.1) is 16.2 Å². The molecule has 4 aromatic rings. The van der Waals surface area contributed by atoms with E-state index < -0.39 is 52.4 Å². The molecule has 5 rings (SSSR count). The van der Waals surface area contributed by atoms with Crippen LogP contribution in [0.1, 0.15) is 13.2 Å². The van der Waals surface area contributed by atoms with Crippen LogP contribution in [-0.4, -0.2) is 82.4 Å². The molecule has 2 aromatic carbocycles. The average Bonchev–Trinajstić information content (AvgIpc) is 3.58. The highest BCUT2D eigenvalue weighted by Gasteiger charge is 2.47. The predicted octanol–water partition coefficient (Wildman–Crippen LogP) is 1.67. The number of hydrogen-bond acceptors (Lipinski definition) is 13. The van der Waals surface area contributed by atoms with Crippen LogP contribution >= 0.6 is 0 Å². The number of nitro groups is 2. The molecule has 0 aliphatic carbocycles. The Morgan fingerprint density at radius 3 is 1.93 bits per heavy atom. The van der Waals surface area contributed by atoms with Gasteiger partial charge in [-0.15, -0.1) is 0 Å². The Labute approximate surface area is 256 Å². The Bertz CT molecular complexity index is 1740. The van der Waals surface area contributed by atoms with E-state index in [-0.39, 0.29) is 46.3 Å². The number of nitrogens with zero attached hydrogens (tertiary/aromatic N) is 7. The summed E-state index contributed by atoms with van der Waals surface area (Å²) in [5.41, 5.74) is -0.546. The van der Waals surface area contributed by atoms with Crippen LogP contribution in [0.5, 0.6) is 0 Å². The van der Waals surface area contributed by atoms with E-state index in [1.165, 1.54) is 28.8 Å². The van der Waals surface area contributed by atoms with Crippen LogP contribution in [0.4, 0.5) is 38.2 Å². The Balaban J connectivity index is 1.51. The van der Waals surface area contributed by atoms with Crippen molar-refractivity contribution in [3.05, 3.63) is 81.4 Å². The van der Waals surface area contributed by atoms with E-state index in [1.807, 2.05) is 0 Å². The molecule has 0 unspecified atom stereocenters. The Kier molecular flexibility index (Phi) is 8.75. The lowest BCUT2D eigenvalue weighted by Gasteiger charge is -2.21. The summed E-state index contributed by atoms with van der Waals surface area (Å²) < 4.78 is 6.83. The summed E-state index contributed by atoms with van der Waals surface area (Å²) in [6, 6.07) is 7.31. The van der Waals surface area contributed by atoms with E-state index >= 15 is 0 Å². The summed E-state index contributed by atoms with van der Waals surface area (Å²) in [5, 5.41) is 50.6. The van der Waals surface area contributed by atoms with Crippen molar-refractivity contribution in [2.24, 2.45) is 0 Å². The van der Waals surface area contributed by atoms with Crippen molar-refractivity contribution in [3.8, 4) is 0 Å². The molecular weight excluding hydrogens is 612 g/mol. The number of aliphatic hydroxyl groups is 2. The van der Waals surface area contributed by atoms with Crippen molar-refractivity contribution in [3.63, 3.8) is 0 Å². The number of imide groups is 1. The molecule has 238 valence electrons. The van der Waals surface area contributed by atoms with Gasteiger partial charge in [0, 0.05) is 42.2 Å². The quantitative estimate of drug-likeness (QED) is 0.136. The fourth-order valence-corrected chi connectivity index (χ4v) is 4.55. The number of imidazole rings is 1. The van der Waals surface area contributed by atoms with Gasteiger partial charge in [0.2, 0.25) is 0 Å². The van der Waals surface area contributed by atoms with Gasteiger partial charge in [0.25, 0.3) is 17.3 Å². The number of rotatable bonds is 8. The molecule has 0 saturated carbocycles. The normalized spacial score (nSPS) is 18.9. The zero-order valence-corrected chi connectivity index (χ0v) is 23.6. The van der Waals surface area contributed by atoms with E-state index in [4.69, 9.17) is 4.74 Å². The van der Waals surface area contributed by atoms with Gasteiger partial charge >= 0.3 is 12.1 Å². The Morgan fingerprint density at radius 2 is 1.43 bits per heavy atom. The van der Waals surface area contributed by atoms with Crippen LogP contribution < -0.4 is 20.9 Å². The van der Waals surface area contributed by atoms with Crippen LogP contribution in [-0.2, 0) is 9.53 Å². The van der Waals surface area contributed by atoms with Crippen molar-refractivity contribution in [2.75, 3.05) is 22.1 Å². The van der Waals surface area contributed by atoms with Crippen molar-refractivity contribution in [1.29, 1.82) is 0 Å². The molecule has 2 aromatic heterocycles. The van der Waals surface area contributed by atoms with Crippen LogP contribution in [0, 0.1) is 20.2 Å². The van der Waals surface area contributed by atoms with Crippen molar-refractivity contribution in [1.82, 2.24) is 24.8 Å². The first kappa shape index (κ1) is 31.3. The van der Waals surface area contributed by atoms with Crippen LogP contribution in [0.25, 0.3) is 11.2 Å². The number of urea groups is 2. The minimum absolute atomic E-state index is 0.0610. The number of anilines is 3. The third-order valence-electron chi connectivity index (χ3n) is 6.74. The maximum Gasteiger partial charge on any atom is 0.335 e. The maximum absolute atomic E-state index is 13.6. The van der Waals surface area contributed by atoms with E-state index in [2.05, 4.69) is 30.9 Å². The lowest BCUT2D eigenvalue weighted by molar-refractivity contribution is -0.385. The number of carbonyl (C=O) groups excluding carboxylic acids is 3. The number of nitrogens with one attached hydrogen (secondary N) is 3. The number of ether oxygens (including phenoxy) is 1. The van der Waals surface area contributed by atoms with Gasteiger partial charge in [-0.3, -0.25) is 29.6 Å². The van der Waals surface area contributed by atoms with Crippen molar-refractivity contribution >= 4 is 57.7 Å². The number of benzene rings is 2. The summed E-state index contributed by atoms with van der Waals surface area (Å²) in [4.78, 5) is 73.3. The lowest BCUT2D eigenvalue weighted by Crippen LogP contribution is -2.43. The second-order valence-corrected chi connectivity index (χ2v) is 9.65. The molecule has 1 fully saturated rings. The van der Waals surface area contributed by atoms with Crippen molar-refractivity contribution < 1.29 is 39.2 Å². The van der Waals surface area contributed by atoms with Gasteiger partial charge in [0.1, 0.15) is 18.5 Å². The molecule has 4 atom stereocenters. The first-order valence-electron chi connectivity index (χ1n) is 13.4. The monoisotopic (exact) mass is 636 g/mol. The molecule has 0 spiro atoms. The lowest BCUT2D eigenvalue weighted by atomic mass is 10.1. The highest BCUT2D eigenvalue weighted by atomic mass is 16.6. The number of carbonyl (C=O) groups is 3. The molecule has 1 aliphatic rings. The first-order valence-corrected chi connectivity index (χ1v) is 13.4. The number of likely N-dealkylation sites (N-methyl/N-ethyl adjacent to an activating group) is 1. The summed E-state index contributed by atoms with van der Waals surface area (Å²) >= 11 is 0. The van der Waals surface area contributed by atoms with E-state index in [0.717, 1.165) is 36.9 Å². The number of aliphatic hydroxyl groups excluding tert-OH is 2. The van der Waals surface area contributed by atoms with Gasteiger partial charge in [-0.25, -0.2) is 24.5 Å². The highest BCUT2D eigenvalue weighted by molar-refractivity contribution is 6.23. The number of amides is 5. The zero-order chi connectivity index (χ0) is 33.1. The summed E-state index contributed by atoms with van der Waals surface area (Å²) in [6.45, 7) is 1.91. The molecule has 1 saturated heterocycles. The number of fused-ring (bicyclic) bond motifs is 1. The summed E-state index contributed by atoms with van der Waals surface area (Å²) in [6.07, 6.45) is -3.85. The Hall–Kier alpha value is -6.12. The number of hydrogen-bond donors (Lipinski definition) is 5. The van der Waals surface area contributed by atoms with Crippen molar-refractivity contribution in [2.45, 2.75) is 31.5 Å². The topological polar surface area (TPSA) is 270 Å². The second-order valence-electron chi connectivity index (χ2n) is 9.65. The highest BCUT2D eigenvalue weighted by Crippen LogP contribution is 2.33. The van der Waals surface area contributed by atoms with Gasteiger partial charge < -0.3 is 30.9 Å². The van der Waals surface area contributed by atoms with Gasteiger partial charge in [-0.1, -0.05) is 0 Å². The fraction of sp³-hybridized carbons (Fsp3) is 0.231. The van der Waals surface area contributed by atoms with E-state index in [0.29, 0.717) is 4.90 Å². The standard InChI is InChI=1S/C26H24N10O10/c1-2-27-23(39)20-18(37)19(38)24(46-20)33-12-30-17-21(33)28-11-29-22(17)34(25(40)31-13-3-7-15(8-4-13)35(42)43)26(41)32-14-5-9-16(10-6-14)36(44)45/h3-12,18-20,24,37-38H,2H2,1H3,(H,27,39)(H,31,40)(H,32,41)/t18-,19+,20-,24+/m0/s1. The summed E-state index contributed by atoms with van der Waals surface area (Å²) in [5.74, 6) is -1.02. The summed E-state index contributed by atoms with van der Waals surface area (Å²) in [7, 11) is 0. The SMILES string of the molecule is CCNC(=O)[C@H]1O[C@@H](n2cnc3c(N(C(=O)Nc4ccc([N+](=O)[O-])cc4)C(=O)Nc4ccc([N+](=O)[O-])cc4)ncnc32)[C@H](O)[C@@H]1O. The number of nitro benzene ring substituents is 2. The maximum atomic E-state index is 13.6. The zero-order valence-electron chi connectivity index (χ0n) is 23.6. The average molecular weight is 637 g/mol. The third-order valence-corrected chi connectivity index (χ3v) is 6.74. The van der Waals surface area contributed by atoms with Crippen LogP contribution in [0.15, 0.2) is 61.2 Å². The second kappa shape index (κ2) is 12.9. The molecule has 5 amide bonds. The van der Waals surface area contributed by atoms with Crippen LogP contribution in [0.3, 0.4) is 0 Å². The molecule has 0 radical (unpaired) electrons. The molecule has 20 nitrogen and oxygen atoms in total.